The Morgan fingerprint density at radius 2 is 1.73 bits per heavy atom. The molecule has 0 amide bonds. The Morgan fingerprint density at radius 1 is 1.05 bits per heavy atom. The molecule has 0 aliphatic rings. The molecule has 2 heterocycles. The summed E-state index contributed by atoms with van der Waals surface area (Å²) < 4.78 is 84.5. The molecule has 0 radical (unpaired) electrons. The van der Waals surface area contributed by atoms with Gasteiger partial charge in [0.2, 0.25) is 5.16 Å². The first-order chi connectivity index (χ1) is 17.4. The first kappa shape index (κ1) is 26.6. The normalized spacial score (nSPS) is 13.0. The van der Waals surface area contributed by atoms with Crippen molar-refractivity contribution >= 4 is 37.5 Å². The van der Waals surface area contributed by atoms with Crippen LogP contribution in [0.25, 0.3) is 11.0 Å². The van der Waals surface area contributed by atoms with Crippen LogP contribution in [0, 0.1) is 6.92 Å². The van der Waals surface area contributed by atoms with E-state index in [1.54, 1.807) is 36.4 Å². The molecule has 4 rings (SSSR count). The Labute approximate surface area is 214 Å². The SMILES string of the molecule is Cc1c(OCC(F)(F)F)ccnc1CS(=O)c1nc2ccccc2n1S(=O)(=O)c1ccc(N(C)C)cc1. The van der Waals surface area contributed by atoms with Crippen molar-refractivity contribution in [2.45, 2.75) is 28.9 Å². The number of para-hydroxylation sites is 2. The van der Waals surface area contributed by atoms with Crippen LogP contribution in [0.3, 0.4) is 0 Å². The molecule has 0 fully saturated rings. The number of hydrogen-bond donors (Lipinski definition) is 0. The van der Waals surface area contributed by atoms with Gasteiger partial charge in [0.25, 0.3) is 10.0 Å². The van der Waals surface area contributed by atoms with Crippen LogP contribution in [0.1, 0.15) is 11.3 Å². The van der Waals surface area contributed by atoms with Crippen molar-refractivity contribution in [2.75, 3.05) is 25.6 Å². The summed E-state index contributed by atoms with van der Waals surface area (Å²) in [6.07, 6.45) is -3.28. The van der Waals surface area contributed by atoms with Crippen molar-refractivity contribution in [1.29, 1.82) is 0 Å². The molecule has 196 valence electrons. The number of benzene rings is 2. The molecular weight excluding hydrogens is 529 g/mol. The van der Waals surface area contributed by atoms with Gasteiger partial charge in [-0.1, -0.05) is 12.1 Å². The van der Waals surface area contributed by atoms with Crippen molar-refractivity contribution in [3.63, 3.8) is 0 Å². The number of aromatic nitrogens is 3. The third-order valence-corrected chi connectivity index (χ3v) is 8.55. The third-order valence-electron chi connectivity index (χ3n) is 5.50. The van der Waals surface area contributed by atoms with Crippen LogP contribution in [0.15, 0.2) is 70.8 Å². The standard InChI is InChI=1S/C24H23F3N4O4S2/c1-16-20(28-13-12-22(16)35-15-24(25,26)27)14-36(32)23-29-19-6-4-5-7-21(19)31(23)37(33,34)18-10-8-17(9-11-18)30(2)3/h4-13H,14-15H2,1-3H3. The van der Waals surface area contributed by atoms with Gasteiger partial charge in [0, 0.05) is 31.5 Å². The molecule has 8 nitrogen and oxygen atoms in total. The van der Waals surface area contributed by atoms with Crippen LogP contribution in [0.4, 0.5) is 18.9 Å². The number of imidazole rings is 1. The van der Waals surface area contributed by atoms with Crippen LogP contribution < -0.4 is 9.64 Å². The maximum Gasteiger partial charge on any atom is 0.422 e. The van der Waals surface area contributed by atoms with Gasteiger partial charge in [-0.3, -0.25) is 9.19 Å². The Kier molecular flexibility index (Phi) is 7.29. The highest BCUT2D eigenvalue weighted by molar-refractivity contribution is 7.91. The number of pyridine rings is 1. The zero-order chi connectivity index (χ0) is 27.0. The van der Waals surface area contributed by atoms with Gasteiger partial charge in [-0.2, -0.15) is 13.2 Å². The lowest BCUT2D eigenvalue weighted by Crippen LogP contribution is -2.20. The molecule has 0 N–H and O–H groups in total. The number of anilines is 1. The number of fused-ring (bicyclic) bond motifs is 1. The number of ether oxygens (including phenoxy) is 1. The van der Waals surface area contributed by atoms with E-state index in [0.29, 0.717) is 5.52 Å². The molecule has 2 aromatic carbocycles. The van der Waals surface area contributed by atoms with Crippen LogP contribution in [-0.4, -0.2) is 53.4 Å². The highest BCUT2D eigenvalue weighted by Gasteiger charge is 2.30. The number of hydrogen-bond acceptors (Lipinski definition) is 7. The fourth-order valence-corrected chi connectivity index (χ4v) is 6.63. The van der Waals surface area contributed by atoms with Crippen molar-refractivity contribution < 1.29 is 30.5 Å². The zero-order valence-electron chi connectivity index (χ0n) is 20.1. The Balaban J connectivity index is 1.74. The average Bonchev–Trinajstić information content (AvgIpc) is 3.25. The van der Waals surface area contributed by atoms with Crippen LogP contribution in [0.2, 0.25) is 0 Å². The van der Waals surface area contributed by atoms with Gasteiger partial charge >= 0.3 is 6.18 Å². The molecule has 4 aromatic rings. The Hall–Kier alpha value is -3.45. The molecule has 0 saturated heterocycles. The Morgan fingerprint density at radius 3 is 2.38 bits per heavy atom. The predicted octanol–water partition coefficient (Wildman–Crippen LogP) is 4.29. The first-order valence-electron chi connectivity index (χ1n) is 10.9. The van der Waals surface area contributed by atoms with E-state index in [9.17, 15) is 25.8 Å². The summed E-state index contributed by atoms with van der Waals surface area (Å²) in [5.41, 5.74) is 1.84. The predicted molar refractivity (Wildman–Crippen MR) is 134 cm³/mol. The molecular formula is C24H23F3N4O4S2. The first-order valence-corrected chi connectivity index (χ1v) is 13.7. The molecule has 13 heteroatoms. The smallest absolute Gasteiger partial charge is 0.422 e. The van der Waals surface area contributed by atoms with E-state index in [1.165, 1.54) is 31.3 Å². The largest absolute Gasteiger partial charge is 0.484 e. The van der Waals surface area contributed by atoms with Gasteiger partial charge < -0.3 is 9.64 Å². The molecule has 1 atom stereocenters. The second-order valence-corrected chi connectivity index (χ2v) is 11.4. The van der Waals surface area contributed by atoms with Gasteiger partial charge in [0.15, 0.2) is 6.61 Å². The summed E-state index contributed by atoms with van der Waals surface area (Å²) in [5.74, 6) is -0.338. The van der Waals surface area contributed by atoms with Gasteiger partial charge in [-0.05, 0) is 49.4 Å². The van der Waals surface area contributed by atoms with E-state index in [4.69, 9.17) is 4.74 Å². The van der Waals surface area contributed by atoms with Gasteiger partial charge in [-0.25, -0.2) is 17.4 Å². The number of nitrogens with zero attached hydrogens (tertiary/aromatic N) is 4. The van der Waals surface area contributed by atoms with Crippen molar-refractivity contribution in [1.82, 2.24) is 13.9 Å². The average molecular weight is 553 g/mol. The van der Waals surface area contributed by atoms with E-state index in [2.05, 4.69) is 9.97 Å². The minimum absolute atomic E-state index is 0.0173. The fourth-order valence-electron chi connectivity index (χ4n) is 3.59. The number of halogens is 3. The minimum Gasteiger partial charge on any atom is -0.484 e. The summed E-state index contributed by atoms with van der Waals surface area (Å²) in [6.45, 7) is 0.0122. The van der Waals surface area contributed by atoms with Crippen LogP contribution in [0.5, 0.6) is 5.75 Å². The van der Waals surface area contributed by atoms with E-state index in [-0.39, 0.29) is 38.3 Å². The second-order valence-electron chi connectivity index (χ2n) is 8.32. The lowest BCUT2D eigenvalue weighted by Gasteiger charge is -2.15. The monoisotopic (exact) mass is 552 g/mol. The second kappa shape index (κ2) is 10.1. The van der Waals surface area contributed by atoms with E-state index in [1.807, 2.05) is 19.0 Å². The number of alkyl halides is 3. The molecule has 0 saturated carbocycles. The highest BCUT2D eigenvalue weighted by Crippen LogP contribution is 2.29. The molecule has 2 aromatic heterocycles. The molecule has 37 heavy (non-hydrogen) atoms. The number of rotatable bonds is 8. The molecule has 0 bridgehead atoms. The van der Waals surface area contributed by atoms with Gasteiger partial charge in [0.05, 0.1) is 38.2 Å². The van der Waals surface area contributed by atoms with E-state index >= 15 is 0 Å². The maximum absolute atomic E-state index is 13.7. The molecule has 0 aliphatic carbocycles. The topological polar surface area (TPSA) is 94.4 Å². The fraction of sp³-hybridized carbons (Fsp3) is 0.250. The molecule has 1 unspecified atom stereocenters. The summed E-state index contributed by atoms with van der Waals surface area (Å²) in [7, 11) is -2.58. The third kappa shape index (κ3) is 5.62. The zero-order valence-corrected chi connectivity index (χ0v) is 21.7. The summed E-state index contributed by atoms with van der Waals surface area (Å²) in [4.78, 5) is 10.3. The van der Waals surface area contributed by atoms with Gasteiger partial charge in [0.1, 0.15) is 5.75 Å². The van der Waals surface area contributed by atoms with Crippen molar-refractivity contribution in [3.8, 4) is 5.75 Å². The van der Waals surface area contributed by atoms with Gasteiger partial charge in [-0.15, -0.1) is 0 Å². The van der Waals surface area contributed by atoms with Crippen LogP contribution in [-0.2, 0) is 26.6 Å². The summed E-state index contributed by atoms with van der Waals surface area (Å²) >= 11 is 0. The van der Waals surface area contributed by atoms with E-state index < -0.39 is 33.6 Å². The lowest BCUT2D eigenvalue weighted by atomic mass is 10.2. The molecule has 0 spiro atoms. The Bertz CT molecular complexity index is 1570. The maximum atomic E-state index is 13.7. The minimum atomic E-state index is -4.53. The summed E-state index contributed by atoms with van der Waals surface area (Å²) in [5, 5.41) is -0.222. The highest BCUT2D eigenvalue weighted by atomic mass is 32.2. The summed E-state index contributed by atoms with van der Waals surface area (Å²) in [6, 6.07) is 14.0. The quantitative estimate of drug-likeness (QED) is 0.322. The molecule has 0 aliphatic heterocycles. The van der Waals surface area contributed by atoms with E-state index in [0.717, 1.165) is 9.66 Å². The lowest BCUT2D eigenvalue weighted by molar-refractivity contribution is -0.153. The van der Waals surface area contributed by atoms with Crippen LogP contribution >= 0.6 is 0 Å². The van der Waals surface area contributed by atoms with Crippen molar-refractivity contribution in [3.05, 3.63) is 72.1 Å². The van der Waals surface area contributed by atoms with Crippen molar-refractivity contribution in [2.24, 2.45) is 0 Å².